The summed E-state index contributed by atoms with van der Waals surface area (Å²) >= 11 is 5.99. The number of nitrogen functional groups attached to an aromatic ring is 1. The highest BCUT2D eigenvalue weighted by Gasteiger charge is 2.27. The molecule has 19 heavy (non-hydrogen) atoms. The van der Waals surface area contributed by atoms with Crippen molar-refractivity contribution in [1.82, 2.24) is 4.57 Å². The number of nitrogens with one attached hydrogen (secondary N) is 1. The van der Waals surface area contributed by atoms with Gasteiger partial charge >= 0.3 is 0 Å². The largest absolute Gasteiger partial charge is 0.397 e. The first kappa shape index (κ1) is 12.1. The maximum atomic E-state index is 12.3. The second kappa shape index (κ2) is 4.63. The van der Waals surface area contributed by atoms with E-state index in [2.05, 4.69) is 5.32 Å². The lowest BCUT2D eigenvalue weighted by molar-refractivity contribution is 0.101. The number of rotatable bonds is 3. The summed E-state index contributed by atoms with van der Waals surface area (Å²) in [5.41, 5.74) is 7.56. The molecule has 0 unspecified atom stereocenters. The first-order valence-electron chi connectivity index (χ1n) is 6.18. The van der Waals surface area contributed by atoms with Crippen LogP contribution in [0.25, 0.3) is 0 Å². The summed E-state index contributed by atoms with van der Waals surface area (Å²) in [6.07, 6.45) is 4.00. The Hall–Kier alpha value is -1.94. The standard InChI is InChI=1S/C14H14ClN3O/c15-9-7-13(18(8-9)10-5-6-10)14(19)17-12-4-2-1-3-11(12)16/h1-4,7-8,10H,5-6,16H2,(H,17,19). The Kier molecular flexibility index (Phi) is 2.95. The van der Waals surface area contributed by atoms with Crippen molar-refractivity contribution >= 4 is 28.9 Å². The number of benzene rings is 1. The number of halogens is 1. The number of carbonyl (C=O) groups excluding carboxylic acids is 1. The van der Waals surface area contributed by atoms with Crippen molar-refractivity contribution in [3.05, 3.63) is 47.2 Å². The van der Waals surface area contributed by atoms with Crippen molar-refractivity contribution in [3.8, 4) is 0 Å². The van der Waals surface area contributed by atoms with E-state index < -0.39 is 0 Å². The molecular weight excluding hydrogens is 262 g/mol. The van der Waals surface area contributed by atoms with Crippen molar-refractivity contribution in [2.45, 2.75) is 18.9 Å². The van der Waals surface area contributed by atoms with Gasteiger partial charge in [0.1, 0.15) is 5.69 Å². The van der Waals surface area contributed by atoms with Crippen molar-refractivity contribution in [1.29, 1.82) is 0 Å². The quantitative estimate of drug-likeness (QED) is 0.844. The van der Waals surface area contributed by atoms with E-state index in [-0.39, 0.29) is 5.91 Å². The number of carbonyl (C=O) groups is 1. The van der Waals surface area contributed by atoms with Gasteiger partial charge in [-0.25, -0.2) is 0 Å². The third kappa shape index (κ3) is 2.44. The molecule has 4 nitrogen and oxygen atoms in total. The third-order valence-corrected chi connectivity index (χ3v) is 3.40. The number of para-hydroxylation sites is 2. The summed E-state index contributed by atoms with van der Waals surface area (Å²) in [5.74, 6) is -0.184. The number of hydrogen-bond acceptors (Lipinski definition) is 2. The van der Waals surface area contributed by atoms with Gasteiger partial charge < -0.3 is 15.6 Å². The Morgan fingerprint density at radius 3 is 2.79 bits per heavy atom. The minimum absolute atomic E-state index is 0.184. The van der Waals surface area contributed by atoms with Gasteiger partial charge in [0.15, 0.2) is 0 Å². The monoisotopic (exact) mass is 275 g/mol. The molecule has 1 heterocycles. The molecule has 2 aromatic rings. The normalized spacial score (nSPS) is 14.4. The van der Waals surface area contributed by atoms with Crippen molar-refractivity contribution in [2.24, 2.45) is 0 Å². The topological polar surface area (TPSA) is 60.0 Å². The van der Waals surface area contributed by atoms with Crippen LogP contribution in [0.2, 0.25) is 5.02 Å². The SMILES string of the molecule is Nc1ccccc1NC(=O)c1cc(Cl)cn1C1CC1. The predicted octanol–water partition coefficient (Wildman–Crippen LogP) is 3.31. The summed E-state index contributed by atoms with van der Waals surface area (Å²) in [6.45, 7) is 0. The maximum Gasteiger partial charge on any atom is 0.272 e. The fourth-order valence-electron chi connectivity index (χ4n) is 2.08. The molecule has 0 radical (unpaired) electrons. The molecule has 5 heteroatoms. The molecule has 1 aromatic heterocycles. The van der Waals surface area contributed by atoms with Crippen LogP contribution < -0.4 is 11.1 Å². The van der Waals surface area contributed by atoms with Gasteiger partial charge in [-0.1, -0.05) is 23.7 Å². The zero-order valence-corrected chi connectivity index (χ0v) is 11.0. The molecule has 1 saturated carbocycles. The second-order valence-electron chi connectivity index (χ2n) is 4.72. The first-order chi connectivity index (χ1) is 9.15. The van der Waals surface area contributed by atoms with Gasteiger partial charge in [0.2, 0.25) is 0 Å². The molecule has 1 aromatic carbocycles. The van der Waals surface area contributed by atoms with Crippen molar-refractivity contribution in [2.75, 3.05) is 11.1 Å². The molecule has 0 bridgehead atoms. The number of nitrogens with two attached hydrogens (primary N) is 1. The van der Waals surface area contributed by atoms with Crippen LogP contribution >= 0.6 is 11.6 Å². The molecular formula is C14H14ClN3O. The van der Waals surface area contributed by atoms with Gasteiger partial charge in [-0.3, -0.25) is 4.79 Å². The Morgan fingerprint density at radius 2 is 2.11 bits per heavy atom. The highest BCUT2D eigenvalue weighted by molar-refractivity contribution is 6.31. The number of nitrogens with zero attached hydrogens (tertiary/aromatic N) is 1. The van der Waals surface area contributed by atoms with Crippen LogP contribution in [0.1, 0.15) is 29.4 Å². The van der Waals surface area contributed by atoms with Crippen molar-refractivity contribution in [3.63, 3.8) is 0 Å². The summed E-state index contributed by atoms with van der Waals surface area (Å²) < 4.78 is 1.94. The second-order valence-corrected chi connectivity index (χ2v) is 5.16. The molecule has 0 spiro atoms. The zero-order chi connectivity index (χ0) is 13.4. The van der Waals surface area contributed by atoms with Gasteiger partial charge in [-0.05, 0) is 31.0 Å². The Labute approximate surface area is 116 Å². The van der Waals surface area contributed by atoms with Crippen LogP contribution in [0.15, 0.2) is 36.5 Å². The summed E-state index contributed by atoms with van der Waals surface area (Å²) in [6, 6.07) is 9.28. The van der Waals surface area contributed by atoms with E-state index in [4.69, 9.17) is 17.3 Å². The van der Waals surface area contributed by atoms with Crippen LogP contribution in [0.4, 0.5) is 11.4 Å². The highest BCUT2D eigenvalue weighted by atomic mass is 35.5. The first-order valence-corrected chi connectivity index (χ1v) is 6.56. The summed E-state index contributed by atoms with van der Waals surface area (Å²) in [5, 5.41) is 3.40. The van der Waals surface area contributed by atoms with E-state index >= 15 is 0 Å². The van der Waals surface area contributed by atoms with E-state index in [1.807, 2.05) is 22.9 Å². The maximum absolute atomic E-state index is 12.3. The fourth-order valence-corrected chi connectivity index (χ4v) is 2.29. The molecule has 0 atom stereocenters. The van der Waals surface area contributed by atoms with Gasteiger partial charge in [0.05, 0.1) is 16.4 Å². The predicted molar refractivity (Wildman–Crippen MR) is 76.5 cm³/mol. The fraction of sp³-hybridized carbons (Fsp3) is 0.214. The lowest BCUT2D eigenvalue weighted by Crippen LogP contribution is -2.17. The van der Waals surface area contributed by atoms with Gasteiger partial charge in [0.25, 0.3) is 5.91 Å². The number of hydrogen-bond donors (Lipinski definition) is 2. The molecule has 0 aliphatic heterocycles. The Bertz CT molecular complexity index is 631. The smallest absolute Gasteiger partial charge is 0.272 e. The lowest BCUT2D eigenvalue weighted by Gasteiger charge is -2.10. The Morgan fingerprint density at radius 1 is 1.37 bits per heavy atom. The molecule has 3 rings (SSSR count). The van der Waals surface area contributed by atoms with E-state index in [1.165, 1.54) is 0 Å². The minimum Gasteiger partial charge on any atom is -0.397 e. The molecule has 1 aliphatic carbocycles. The lowest BCUT2D eigenvalue weighted by atomic mass is 10.2. The molecule has 98 valence electrons. The van der Waals surface area contributed by atoms with E-state index in [0.29, 0.717) is 28.1 Å². The Balaban J connectivity index is 1.86. The van der Waals surface area contributed by atoms with Crippen LogP contribution in [-0.2, 0) is 0 Å². The number of amides is 1. The van der Waals surface area contributed by atoms with Crippen LogP contribution in [0, 0.1) is 0 Å². The van der Waals surface area contributed by atoms with E-state index in [9.17, 15) is 4.79 Å². The number of anilines is 2. The van der Waals surface area contributed by atoms with Crippen LogP contribution in [-0.4, -0.2) is 10.5 Å². The van der Waals surface area contributed by atoms with Gasteiger partial charge in [-0.15, -0.1) is 0 Å². The zero-order valence-electron chi connectivity index (χ0n) is 10.3. The number of aromatic nitrogens is 1. The molecule has 3 N–H and O–H groups in total. The van der Waals surface area contributed by atoms with Crippen molar-refractivity contribution < 1.29 is 4.79 Å². The summed E-state index contributed by atoms with van der Waals surface area (Å²) in [4.78, 5) is 12.3. The molecule has 1 aliphatic rings. The molecule has 0 saturated heterocycles. The molecule has 1 fully saturated rings. The summed E-state index contributed by atoms with van der Waals surface area (Å²) in [7, 11) is 0. The van der Waals surface area contributed by atoms with Gasteiger partial charge in [0, 0.05) is 12.2 Å². The third-order valence-electron chi connectivity index (χ3n) is 3.20. The van der Waals surface area contributed by atoms with E-state index in [0.717, 1.165) is 12.8 Å². The van der Waals surface area contributed by atoms with Gasteiger partial charge in [-0.2, -0.15) is 0 Å². The minimum atomic E-state index is -0.184. The highest BCUT2D eigenvalue weighted by Crippen LogP contribution is 2.37. The average Bonchev–Trinajstić information content (AvgIpc) is 3.15. The molecule has 1 amide bonds. The average molecular weight is 276 g/mol. The van der Waals surface area contributed by atoms with Crippen LogP contribution in [0.3, 0.4) is 0 Å². The van der Waals surface area contributed by atoms with Crippen LogP contribution in [0.5, 0.6) is 0 Å². The van der Waals surface area contributed by atoms with E-state index in [1.54, 1.807) is 18.2 Å².